The van der Waals surface area contributed by atoms with Crippen molar-refractivity contribution in [3.63, 3.8) is 0 Å². The van der Waals surface area contributed by atoms with Crippen molar-refractivity contribution in [1.82, 2.24) is 10.6 Å². The predicted octanol–water partition coefficient (Wildman–Crippen LogP) is -3.47. The van der Waals surface area contributed by atoms with Crippen LogP contribution in [0.25, 0.3) is 0 Å². The van der Waals surface area contributed by atoms with Gasteiger partial charge in [-0.15, -0.1) is 0 Å². The molecule has 9 N–H and O–H groups in total. The minimum Gasteiger partial charge on any atom is -0.480 e. The quantitative estimate of drug-likeness (QED) is 0.238. The average Bonchev–Trinajstić information content (AvgIpc) is 2.42. The Hall–Kier alpha value is -2.69. The summed E-state index contributed by atoms with van der Waals surface area (Å²) in [7, 11) is 0. The van der Waals surface area contributed by atoms with E-state index in [0.717, 1.165) is 0 Å². The van der Waals surface area contributed by atoms with Gasteiger partial charge in [0.05, 0.1) is 12.5 Å². The Bertz CT molecular complexity index is 494. The molecule has 130 valence electrons. The molecular weight excluding hydrogens is 310 g/mol. The fourth-order valence-corrected chi connectivity index (χ4v) is 1.49. The second kappa shape index (κ2) is 9.35. The van der Waals surface area contributed by atoms with Gasteiger partial charge in [0.1, 0.15) is 12.1 Å². The van der Waals surface area contributed by atoms with E-state index in [0.29, 0.717) is 0 Å². The van der Waals surface area contributed by atoms with E-state index in [9.17, 15) is 24.0 Å². The molecule has 0 rings (SSSR count). The summed E-state index contributed by atoms with van der Waals surface area (Å²) in [6, 6.07) is -3.72. The number of nitrogens with two attached hydrogens (primary N) is 3. The minimum atomic E-state index is -1.37. The molecule has 11 heteroatoms. The lowest BCUT2D eigenvalue weighted by Gasteiger charge is -2.20. The first kappa shape index (κ1) is 20.3. The lowest BCUT2D eigenvalue weighted by atomic mass is 10.1. The van der Waals surface area contributed by atoms with E-state index >= 15 is 0 Å². The molecule has 3 atom stereocenters. The molecule has 23 heavy (non-hydrogen) atoms. The number of carboxylic acid groups (broad SMARTS) is 1. The van der Waals surface area contributed by atoms with E-state index in [1.165, 1.54) is 6.92 Å². The van der Waals surface area contributed by atoms with Gasteiger partial charge in [-0.05, 0) is 13.3 Å². The Morgan fingerprint density at radius 1 is 1.00 bits per heavy atom. The van der Waals surface area contributed by atoms with Gasteiger partial charge in [-0.3, -0.25) is 24.0 Å². The number of carboxylic acids is 1. The van der Waals surface area contributed by atoms with Crippen molar-refractivity contribution in [3.05, 3.63) is 0 Å². The van der Waals surface area contributed by atoms with Gasteiger partial charge < -0.3 is 32.9 Å². The molecule has 3 unspecified atom stereocenters. The van der Waals surface area contributed by atoms with Crippen LogP contribution in [0, 0.1) is 0 Å². The number of aliphatic carboxylic acids is 1. The Balaban J connectivity index is 4.80. The van der Waals surface area contributed by atoms with Crippen LogP contribution in [0.1, 0.15) is 26.2 Å². The average molecular weight is 331 g/mol. The van der Waals surface area contributed by atoms with Gasteiger partial charge in [0.25, 0.3) is 0 Å². The van der Waals surface area contributed by atoms with Crippen molar-refractivity contribution < 1.29 is 29.1 Å². The Kier molecular flexibility index (Phi) is 8.26. The van der Waals surface area contributed by atoms with Gasteiger partial charge in [-0.25, -0.2) is 0 Å². The smallest absolute Gasteiger partial charge is 0.325 e. The third-order valence-electron chi connectivity index (χ3n) is 2.81. The van der Waals surface area contributed by atoms with Crippen LogP contribution in [0.4, 0.5) is 0 Å². The van der Waals surface area contributed by atoms with Crippen molar-refractivity contribution >= 4 is 29.6 Å². The summed E-state index contributed by atoms with van der Waals surface area (Å²) < 4.78 is 0. The normalized spacial score (nSPS) is 14.2. The molecule has 11 nitrogen and oxygen atoms in total. The minimum absolute atomic E-state index is 0.0440. The van der Waals surface area contributed by atoms with E-state index in [1.807, 2.05) is 0 Å². The predicted molar refractivity (Wildman–Crippen MR) is 77.4 cm³/mol. The van der Waals surface area contributed by atoms with Crippen molar-refractivity contribution in [3.8, 4) is 0 Å². The second-order valence-electron chi connectivity index (χ2n) is 4.91. The maximum absolute atomic E-state index is 11.9. The van der Waals surface area contributed by atoms with Gasteiger partial charge in [0.2, 0.25) is 23.6 Å². The van der Waals surface area contributed by atoms with Crippen LogP contribution < -0.4 is 27.8 Å². The fourth-order valence-electron chi connectivity index (χ4n) is 1.49. The molecule has 0 radical (unpaired) electrons. The molecule has 0 fully saturated rings. The lowest BCUT2D eigenvalue weighted by molar-refractivity contribution is -0.141. The Morgan fingerprint density at radius 3 is 2.00 bits per heavy atom. The monoisotopic (exact) mass is 331 g/mol. The summed E-state index contributed by atoms with van der Waals surface area (Å²) in [4.78, 5) is 56.1. The van der Waals surface area contributed by atoms with Crippen molar-refractivity contribution in [2.75, 3.05) is 0 Å². The first-order valence-electron chi connectivity index (χ1n) is 6.70. The van der Waals surface area contributed by atoms with Crippen LogP contribution in [0.15, 0.2) is 0 Å². The number of hydrogen-bond acceptors (Lipinski definition) is 6. The summed E-state index contributed by atoms with van der Waals surface area (Å²) in [6.45, 7) is 1.21. The molecule has 0 saturated heterocycles. The fraction of sp³-hybridized carbons (Fsp3) is 0.583. The molecule has 0 saturated carbocycles. The maximum Gasteiger partial charge on any atom is 0.325 e. The molecular formula is C12H21N5O6. The zero-order chi connectivity index (χ0) is 18.2. The molecule has 4 amide bonds. The van der Waals surface area contributed by atoms with E-state index in [4.69, 9.17) is 22.3 Å². The molecule has 0 aromatic carbocycles. The number of primary amides is 2. The SMILES string of the molecule is CC(NC(=O)C(CC(N)=O)NC(=O)C(N)CCC(N)=O)C(=O)O. The zero-order valence-electron chi connectivity index (χ0n) is 12.6. The molecule has 0 aromatic rings. The summed E-state index contributed by atoms with van der Waals surface area (Å²) in [5.41, 5.74) is 15.5. The third kappa shape index (κ3) is 8.36. The number of hydrogen-bond donors (Lipinski definition) is 6. The highest BCUT2D eigenvalue weighted by Crippen LogP contribution is 1.99. The number of amides is 4. The maximum atomic E-state index is 11.9. The summed E-state index contributed by atoms with van der Waals surface area (Å²) >= 11 is 0. The van der Waals surface area contributed by atoms with Crippen LogP contribution in [-0.4, -0.2) is 52.8 Å². The first-order chi connectivity index (χ1) is 10.5. The number of carbonyl (C=O) groups is 5. The van der Waals surface area contributed by atoms with Gasteiger partial charge in [-0.1, -0.05) is 0 Å². The van der Waals surface area contributed by atoms with E-state index < -0.39 is 54.1 Å². The van der Waals surface area contributed by atoms with E-state index in [2.05, 4.69) is 10.6 Å². The molecule has 0 aromatic heterocycles. The number of nitrogens with one attached hydrogen (secondary N) is 2. The molecule has 0 spiro atoms. The second-order valence-corrected chi connectivity index (χ2v) is 4.91. The standard InChI is InChI=1S/C12H21N5O6/c1-5(12(22)23)16-11(21)7(4-9(15)19)17-10(20)6(13)2-3-8(14)18/h5-7H,2-4,13H2,1H3,(H2,14,18)(H2,15,19)(H,16,21)(H,17,20)(H,22,23). The Morgan fingerprint density at radius 2 is 1.57 bits per heavy atom. The van der Waals surface area contributed by atoms with E-state index in [1.54, 1.807) is 0 Å². The van der Waals surface area contributed by atoms with Gasteiger partial charge >= 0.3 is 5.97 Å². The molecule has 0 bridgehead atoms. The highest BCUT2D eigenvalue weighted by Gasteiger charge is 2.27. The van der Waals surface area contributed by atoms with Crippen molar-refractivity contribution in [2.45, 2.75) is 44.3 Å². The third-order valence-corrected chi connectivity index (χ3v) is 2.81. The van der Waals surface area contributed by atoms with Crippen LogP contribution in [0.5, 0.6) is 0 Å². The zero-order valence-corrected chi connectivity index (χ0v) is 12.6. The molecule has 0 heterocycles. The molecule has 0 aliphatic heterocycles. The topological polar surface area (TPSA) is 208 Å². The largest absolute Gasteiger partial charge is 0.480 e. The van der Waals surface area contributed by atoms with Crippen LogP contribution in [-0.2, 0) is 24.0 Å². The van der Waals surface area contributed by atoms with Crippen LogP contribution >= 0.6 is 0 Å². The van der Waals surface area contributed by atoms with Gasteiger partial charge in [-0.2, -0.15) is 0 Å². The van der Waals surface area contributed by atoms with Crippen molar-refractivity contribution in [1.29, 1.82) is 0 Å². The highest BCUT2D eigenvalue weighted by molar-refractivity contribution is 5.94. The molecule has 0 aliphatic carbocycles. The highest BCUT2D eigenvalue weighted by atomic mass is 16.4. The van der Waals surface area contributed by atoms with Gasteiger partial charge in [0, 0.05) is 6.42 Å². The van der Waals surface area contributed by atoms with Crippen LogP contribution in [0.3, 0.4) is 0 Å². The van der Waals surface area contributed by atoms with Crippen LogP contribution in [0.2, 0.25) is 0 Å². The lowest BCUT2D eigenvalue weighted by Crippen LogP contribution is -2.55. The summed E-state index contributed by atoms with van der Waals surface area (Å²) in [5.74, 6) is -4.50. The van der Waals surface area contributed by atoms with Gasteiger partial charge in [0.15, 0.2) is 0 Å². The summed E-state index contributed by atoms with van der Waals surface area (Å²) in [5, 5.41) is 13.0. The number of carbonyl (C=O) groups excluding carboxylic acids is 4. The van der Waals surface area contributed by atoms with E-state index in [-0.39, 0.29) is 12.8 Å². The van der Waals surface area contributed by atoms with Crippen molar-refractivity contribution in [2.24, 2.45) is 17.2 Å². The Labute approximate surface area is 131 Å². The first-order valence-corrected chi connectivity index (χ1v) is 6.70. The molecule has 0 aliphatic rings. The summed E-state index contributed by atoms with van der Waals surface area (Å²) in [6.07, 6.45) is -0.707. The number of rotatable bonds is 10.